The van der Waals surface area contributed by atoms with E-state index in [4.69, 9.17) is 4.74 Å². The summed E-state index contributed by atoms with van der Waals surface area (Å²) in [6, 6.07) is 20.2. The third-order valence-corrected chi connectivity index (χ3v) is 7.61. The van der Waals surface area contributed by atoms with E-state index in [2.05, 4.69) is 39.2 Å². The molecule has 35 heavy (non-hydrogen) atoms. The first-order chi connectivity index (χ1) is 16.7. The summed E-state index contributed by atoms with van der Waals surface area (Å²) in [5, 5.41) is 2.79. The van der Waals surface area contributed by atoms with Gasteiger partial charge < -0.3 is 10.1 Å². The Labute approximate surface area is 207 Å². The second-order valence-electron chi connectivity index (χ2n) is 9.02. The normalized spacial score (nSPS) is 13.9. The number of rotatable bonds is 8. The first-order valence-electron chi connectivity index (χ1n) is 11.6. The second-order valence-corrected chi connectivity index (χ2v) is 10.7. The highest BCUT2D eigenvalue weighted by molar-refractivity contribution is 7.89. The molecule has 2 N–H and O–H groups in total. The van der Waals surface area contributed by atoms with Crippen LogP contribution in [0.2, 0.25) is 0 Å². The highest BCUT2D eigenvalue weighted by atomic mass is 32.2. The molecule has 0 unspecified atom stereocenters. The number of ether oxygens (including phenoxy) is 1. The fraction of sp³-hybridized carbons (Fsp3) is 0.296. The predicted octanol–water partition coefficient (Wildman–Crippen LogP) is 4.19. The van der Waals surface area contributed by atoms with Crippen molar-refractivity contribution < 1.29 is 17.9 Å². The summed E-state index contributed by atoms with van der Waals surface area (Å²) in [4.78, 5) is 15.4. The monoisotopic (exact) mass is 493 g/mol. The molecule has 0 saturated heterocycles. The molecule has 1 aliphatic rings. The number of hydrogen-bond donors (Lipinski definition) is 2. The molecule has 184 valence electrons. The molecule has 0 spiro atoms. The Bertz CT molecular complexity index is 1300. The fourth-order valence-corrected chi connectivity index (χ4v) is 5.51. The maximum absolute atomic E-state index is 12.9. The average Bonchev–Trinajstić information content (AvgIpc) is 2.83. The van der Waals surface area contributed by atoms with Gasteiger partial charge in [-0.25, -0.2) is 13.1 Å². The van der Waals surface area contributed by atoms with Gasteiger partial charge in [-0.2, -0.15) is 0 Å². The molecule has 3 aromatic rings. The second kappa shape index (κ2) is 10.6. The summed E-state index contributed by atoms with van der Waals surface area (Å²) in [6.45, 7) is 6.23. The van der Waals surface area contributed by atoms with Gasteiger partial charge in [0.1, 0.15) is 5.75 Å². The zero-order chi connectivity index (χ0) is 25.0. The third-order valence-electron chi connectivity index (χ3n) is 5.95. The van der Waals surface area contributed by atoms with Gasteiger partial charge in [-0.15, -0.1) is 0 Å². The summed E-state index contributed by atoms with van der Waals surface area (Å²) in [6.07, 6.45) is 1.04. The third kappa shape index (κ3) is 6.08. The number of amides is 1. The highest BCUT2D eigenvalue weighted by Gasteiger charge is 2.19. The van der Waals surface area contributed by atoms with Crippen molar-refractivity contribution in [2.45, 2.75) is 44.3 Å². The number of benzene rings is 3. The standard InChI is InChI=1S/C27H31N3O4S/c1-19(2)29-35(32,33)24-12-13-26(34-3)25(16-24)28-27(31)22-10-8-20(9-11-22)17-30-15-14-21-6-4-5-7-23(21)18-30/h4-13,16,19,29H,14-15,17-18H2,1-3H3,(H,28,31). The van der Waals surface area contributed by atoms with Crippen molar-refractivity contribution in [2.24, 2.45) is 0 Å². The van der Waals surface area contributed by atoms with Crippen LogP contribution in [0.25, 0.3) is 0 Å². The van der Waals surface area contributed by atoms with E-state index in [0.717, 1.165) is 31.6 Å². The summed E-state index contributed by atoms with van der Waals surface area (Å²) >= 11 is 0. The van der Waals surface area contributed by atoms with Crippen LogP contribution in [-0.2, 0) is 29.5 Å². The van der Waals surface area contributed by atoms with Gasteiger partial charge in [-0.3, -0.25) is 9.69 Å². The summed E-state index contributed by atoms with van der Waals surface area (Å²) in [5.74, 6) is 0.0389. The van der Waals surface area contributed by atoms with Crippen molar-refractivity contribution >= 4 is 21.6 Å². The lowest BCUT2D eigenvalue weighted by molar-refractivity contribution is 0.102. The number of carbonyl (C=O) groups is 1. The Morgan fingerprint density at radius 3 is 2.43 bits per heavy atom. The topological polar surface area (TPSA) is 87.7 Å². The quantitative estimate of drug-likeness (QED) is 0.491. The van der Waals surface area contributed by atoms with E-state index in [1.807, 2.05) is 12.1 Å². The minimum Gasteiger partial charge on any atom is -0.495 e. The van der Waals surface area contributed by atoms with Crippen LogP contribution in [0.4, 0.5) is 5.69 Å². The molecule has 0 atom stereocenters. The van der Waals surface area contributed by atoms with Crippen molar-refractivity contribution in [2.75, 3.05) is 19.0 Å². The summed E-state index contributed by atoms with van der Waals surface area (Å²) in [5.41, 5.74) is 4.69. The number of fused-ring (bicyclic) bond motifs is 1. The Hall–Kier alpha value is -3.20. The van der Waals surface area contributed by atoms with E-state index in [1.165, 1.54) is 36.4 Å². The Balaban J connectivity index is 1.44. The van der Waals surface area contributed by atoms with Crippen LogP contribution in [0.15, 0.2) is 71.6 Å². The van der Waals surface area contributed by atoms with Crippen LogP contribution >= 0.6 is 0 Å². The number of nitrogens with one attached hydrogen (secondary N) is 2. The Morgan fingerprint density at radius 2 is 1.74 bits per heavy atom. The van der Waals surface area contributed by atoms with Crippen LogP contribution in [0.5, 0.6) is 5.75 Å². The number of sulfonamides is 1. The first-order valence-corrected chi connectivity index (χ1v) is 13.1. The summed E-state index contributed by atoms with van der Waals surface area (Å²) in [7, 11) is -2.24. The molecule has 8 heteroatoms. The van der Waals surface area contributed by atoms with E-state index >= 15 is 0 Å². The molecule has 1 heterocycles. The van der Waals surface area contributed by atoms with Gasteiger partial charge >= 0.3 is 0 Å². The van der Waals surface area contributed by atoms with Crippen LogP contribution in [0, 0.1) is 0 Å². The largest absolute Gasteiger partial charge is 0.495 e. The molecule has 7 nitrogen and oxygen atoms in total. The van der Waals surface area contributed by atoms with Gasteiger partial charge in [0.2, 0.25) is 10.0 Å². The molecule has 0 aliphatic carbocycles. The zero-order valence-corrected chi connectivity index (χ0v) is 21.1. The van der Waals surface area contributed by atoms with Gasteiger partial charge in [-0.05, 0) is 67.3 Å². The number of methoxy groups -OCH3 is 1. The van der Waals surface area contributed by atoms with E-state index in [9.17, 15) is 13.2 Å². The van der Waals surface area contributed by atoms with Crippen LogP contribution < -0.4 is 14.8 Å². The fourth-order valence-electron chi connectivity index (χ4n) is 4.23. The maximum atomic E-state index is 12.9. The Kier molecular flexibility index (Phi) is 7.54. The van der Waals surface area contributed by atoms with Crippen LogP contribution in [0.1, 0.15) is 40.9 Å². The predicted molar refractivity (Wildman–Crippen MR) is 137 cm³/mol. The lowest BCUT2D eigenvalue weighted by Crippen LogP contribution is -2.30. The minimum atomic E-state index is -3.71. The van der Waals surface area contributed by atoms with Gasteiger partial charge in [-0.1, -0.05) is 36.4 Å². The molecular weight excluding hydrogens is 462 g/mol. The van der Waals surface area contributed by atoms with Crippen LogP contribution in [-0.4, -0.2) is 38.9 Å². The molecule has 0 bridgehead atoms. The molecule has 1 amide bonds. The number of anilines is 1. The van der Waals surface area contributed by atoms with Gasteiger partial charge in [0.05, 0.1) is 17.7 Å². The van der Waals surface area contributed by atoms with E-state index < -0.39 is 10.0 Å². The van der Waals surface area contributed by atoms with Crippen molar-refractivity contribution in [3.05, 3.63) is 89.0 Å². The summed E-state index contributed by atoms with van der Waals surface area (Å²) < 4.78 is 33.0. The number of nitrogens with zero attached hydrogens (tertiary/aromatic N) is 1. The molecule has 0 saturated carbocycles. The molecule has 0 aromatic heterocycles. The molecule has 1 aliphatic heterocycles. The molecule has 3 aromatic carbocycles. The SMILES string of the molecule is COc1ccc(S(=O)(=O)NC(C)C)cc1NC(=O)c1ccc(CN2CCc3ccccc3C2)cc1. The molecule has 0 radical (unpaired) electrons. The van der Waals surface area contributed by atoms with Gasteiger partial charge in [0.15, 0.2) is 0 Å². The van der Waals surface area contributed by atoms with Crippen molar-refractivity contribution in [1.29, 1.82) is 0 Å². The molecule has 4 rings (SSSR count). The van der Waals surface area contributed by atoms with Gasteiger partial charge in [0, 0.05) is 31.2 Å². The van der Waals surface area contributed by atoms with E-state index in [1.54, 1.807) is 26.0 Å². The van der Waals surface area contributed by atoms with Gasteiger partial charge in [0.25, 0.3) is 5.91 Å². The zero-order valence-electron chi connectivity index (χ0n) is 20.2. The Morgan fingerprint density at radius 1 is 1.03 bits per heavy atom. The minimum absolute atomic E-state index is 0.0563. The maximum Gasteiger partial charge on any atom is 0.255 e. The lowest BCUT2D eigenvalue weighted by Gasteiger charge is -2.28. The van der Waals surface area contributed by atoms with E-state index in [-0.39, 0.29) is 16.8 Å². The van der Waals surface area contributed by atoms with Crippen molar-refractivity contribution in [3.8, 4) is 5.75 Å². The molecule has 0 fully saturated rings. The number of hydrogen-bond acceptors (Lipinski definition) is 5. The van der Waals surface area contributed by atoms with E-state index in [0.29, 0.717) is 17.0 Å². The highest BCUT2D eigenvalue weighted by Crippen LogP contribution is 2.28. The first kappa shape index (κ1) is 24.9. The molecular formula is C27H31N3O4S. The lowest BCUT2D eigenvalue weighted by atomic mass is 9.99. The number of carbonyl (C=O) groups excluding carboxylic acids is 1. The van der Waals surface area contributed by atoms with Crippen molar-refractivity contribution in [3.63, 3.8) is 0 Å². The smallest absolute Gasteiger partial charge is 0.255 e. The van der Waals surface area contributed by atoms with Crippen molar-refractivity contribution in [1.82, 2.24) is 9.62 Å². The van der Waals surface area contributed by atoms with Crippen LogP contribution in [0.3, 0.4) is 0 Å². The average molecular weight is 494 g/mol.